The van der Waals surface area contributed by atoms with E-state index in [1.807, 2.05) is 37.4 Å². The fourth-order valence-corrected chi connectivity index (χ4v) is 5.87. The third kappa shape index (κ3) is 4.36. The average molecular weight is 474 g/mol. The Labute approximate surface area is 207 Å². The largest absolute Gasteiger partial charge is 0.493 e. The summed E-state index contributed by atoms with van der Waals surface area (Å²) in [7, 11) is 1.69. The van der Waals surface area contributed by atoms with Gasteiger partial charge in [0.1, 0.15) is 0 Å². The zero-order chi connectivity index (χ0) is 24.5. The van der Waals surface area contributed by atoms with Crippen molar-refractivity contribution in [3.05, 3.63) is 78.4 Å². The van der Waals surface area contributed by atoms with Crippen molar-refractivity contribution in [1.82, 2.24) is 9.97 Å². The highest BCUT2D eigenvalue weighted by Gasteiger charge is 2.55. The van der Waals surface area contributed by atoms with Crippen molar-refractivity contribution in [2.75, 3.05) is 25.1 Å². The summed E-state index contributed by atoms with van der Waals surface area (Å²) < 4.78 is 12.1. The molecule has 1 aliphatic carbocycles. The van der Waals surface area contributed by atoms with E-state index in [-0.39, 0.29) is 12.0 Å². The van der Waals surface area contributed by atoms with Gasteiger partial charge in [-0.25, -0.2) is 0 Å². The molecule has 0 bridgehead atoms. The van der Waals surface area contributed by atoms with Crippen molar-refractivity contribution in [2.45, 2.75) is 57.2 Å². The Bertz CT molecular complexity index is 1130. The number of pyridine rings is 2. The maximum Gasteiger partial charge on any atom is 0.161 e. The van der Waals surface area contributed by atoms with Crippen LogP contribution in [0.2, 0.25) is 0 Å². The highest BCUT2D eigenvalue weighted by atomic mass is 16.5. The van der Waals surface area contributed by atoms with Crippen LogP contribution >= 0.6 is 0 Å². The van der Waals surface area contributed by atoms with E-state index in [1.165, 1.54) is 12.8 Å². The number of ether oxygens (including phenoxy) is 2. The number of aliphatic hydroxyl groups is 1. The number of hydrogen-bond donors (Lipinski definition) is 1. The molecular formula is C29H35N3O3. The number of aromatic nitrogens is 2. The molecule has 2 aliphatic rings. The molecule has 3 aromatic rings. The summed E-state index contributed by atoms with van der Waals surface area (Å²) in [5, 5.41) is 12.1. The minimum Gasteiger partial charge on any atom is -0.493 e. The third-order valence-corrected chi connectivity index (χ3v) is 8.22. The van der Waals surface area contributed by atoms with Gasteiger partial charge in [-0.1, -0.05) is 19.1 Å². The molecule has 1 aliphatic heterocycles. The van der Waals surface area contributed by atoms with E-state index in [0.29, 0.717) is 6.54 Å². The van der Waals surface area contributed by atoms with Crippen molar-refractivity contribution in [3.8, 4) is 11.5 Å². The molecule has 2 fully saturated rings. The van der Waals surface area contributed by atoms with Crippen molar-refractivity contribution in [2.24, 2.45) is 5.41 Å². The van der Waals surface area contributed by atoms with Gasteiger partial charge in [0.15, 0.2) is 11.5 Å². The molecule has 5 rings (SSSR count). The van der Waals surface area contributed by atoms with E-state index in [4.69, 9.17) is 9.47 Å². The summed E-state index contributed by atoms with van der Waals surface area (Å²) in [5.41, 5.74) is 1.38. The number of rotatable bonds is 7. The summed E-state index contributed by atoms with van der Waals surface area (Å²) in [6, 6.07) is 14.1. The minimum atomic E-state index is -1.12. The highest BCUT2D eigenvalue weighted by Crippen LogP contribution is 2.55. The van der Waals surface area contributed by atoms with Gasteiger partial charge in [-0.15, -0.1) is 0 Å². The van der Waals surface area contributed by atoms with Gasteiger partial charge in [0.05, 0.1) is 30.7 Å². The monoisotopic (exact) mass is 473 g/mol. The smallest absolute Gasteiger partial charge is 0.161 e. The minimum absolute atomic E-state index is 0.0368. The lowest BCUT2D eigenvalue weighted by atomic mass is 9.63. The van der Waals surface area contributed by atoms with Crippen LogP contribution in [0.25, 0.3) is 0 Å². The van der Waals surface area contributed by atoms with Gasteiger partial charge in [-0.2, -0.15) is 0 Å². The van der Waals surface area contributed by atoms with E-state index < -0.39 is 11.0 Å². The molecule has 3 atom stereocenters. The topological polar surface area (TPSA) is 67.7 Å². The van der Waals surface area contributed by atoms with Crippen molar-refractivity contribution < 1.29 is 14.6 Å². The molecule has 2 aromatic heterocycles. The summed E-state index contributed by atoms with van der Waals surface area (Å²) in [6.07, 6.45) is 12.0. The summed E-state index contributed by atoms with van der Waals surface area (Å²) >= 11 is 0. The molecule has 1 aromatic carbocycles. The van der Waals surface area contributed by atoms with E-state index >= 15 is 0 Å². The number of benzene rings is 1. The highest BCUT2D eigenvalue weighted by molar-refractivity contribution is 5.51. The zero-order valence-electron chi connectivity index (χ0n) is 20.9. The molecule has 6 heteroatoms. The zero-order valence-corrected chi connectivity index (χ0v) is 20.9. The molecular weight excluding hydrogens is 438 g/mol. The SMILES string of the molecule is COc1ccc([C@@H]2CN(c3cccnc3)C[C@@]2(C)[C@@](C)(O)c2cccnc2)cc1OC1CCCC1. The molecule has 6 nitrogen and oxygen atoms in total. The van der Waals surface area contributed by atoms with Crippen LogP contribution in [-0.4, -0.2) is 41.4 Å². The lowest BCUT2D eigenvalue weighted by Gasteiger charge is -2.44. The first-order chi connectivity index (χ1) is 16.9. The predicted molar refractivity (Wildman–Crippen MR) is 137 cm³/mol. The Kier molecular flexibility index (Phi) is 6.41. The van der Waals surface area contributed by atoms with Gasteiger partial charge in [0.25, 0.3) is 0 Å². The van der Waals surface area contributed by atoms with Gasteiger partial charge in [0, 0.05) is 48.6 Å². The Hall–Kier alpha value is -3.12. The van der Waals surface area contributed by atoms with Crippen LogP contribution in [0.5, 0.6) is 11.5 Å². The fourth-order valence-electron chi connectivity index (χ4n) is 5.87. The Morgan fingerprint density at radius 3 is 2.43 bits per heavy atom. The average Bonchev–Trinajstić information content (AvgIpc) is 3.53. The quantitative estimate of drug-likeness (QED) is 0.501. The molecule has 0 unspecified atom stereocenters. The van der Waals surface area contributed by atoms with Crippen LogP contribution in [0.3, 0.4) is 0 Å². The second kappa shape index (κ2) is 9.50. The number of anilines is 1. The fraction of sp³-hybridized carbons (Fsp3) is 0.448. The number of nitrogens with zero attached hydrogens (tertiary/aromatic N) is 3. The molecule has 35 heavy (non-hydrogen) atoms. The van der Waals surface area contributed by atoms with Gasteiger partial charge in [0.2, 0.25) is 0 Å². The summed E-state index contributed by atoms with van der Waals surface area (Å²) in [6.45, 7) is 5.54. The Balaban J connectivity index is 1.56. The second-order valence-electron chi connectivity index (χ2n) is 10.3. The first-order valence-electron chi connectivity index (χ1n) is 12.5. The van der Waals surface area contributed by atoms with Gasteiger partial charge in [-0.05, 0) is 68.5 Å². The van der Waals surface area contributed by atoms with E-state index in [1.54, 1.807) is 25.7 Å². The predicted octanol–water partition coefficient (Wildman–Crippen LogP) is 5.32. The van der Waals surface area contributed by atoms with Crippen molar-refractivity contribution in [3.63, 3.8) is 0 Å². The molecule has 1 saturated heterocycles. The maximum atomic E-state index is 12.1. The molecule has 184 valence electrons. The van der Waals surface area contributed by atoms with Crippen LogP contribution in [-0.2, 0) is 5.60 Å². The van der Waals surface area contributed by atoms with Crippen LogP contribution in [0.1, 0.15) is 56.6 Å². The normalized spacial score (nSPS) is 24.3. The van der Waals surface area contributed by atoms with Gasteiger partial charge < -0.3 is 19.5 Å². The molecule has 0 radical (unpaired) electrons. The summed E-state index contributed by atoms with van der Waals surface area (Å²) in [4.78, 5) is 11.0. The molecule has 1 saturated carbocycles. The number of methoxy groups -OCH3 is 1. The molecule has 1 N–H and O–H groups in total. The lowest BCUT2D eigenvalue weighted by molar-refractivity contribution is -0.0649. The molecule has 0 amide bonds. The van der Waals surface area contributed by atoms with Crippen molar-refractivity contribution in [1.29, 1.82) is 0 Å². The van der Waals surface area contributed by atoms with Gasteiger partial charge >= 0.3 is 0 Å². The Morgan fingerprint density at radius 2 is 1.77 bits per heavy atom. The van der Waals surface area contributed by atoms with Crippen LogP contribution in [0.4, 0.5) is 5.69 Å². The first-order valence-corrected chi connectivity index (χ1v) is 12.5. The molecule has 0 spiro atoms. The van der Waals surface area contributed by atoms with E-state index in [9.17, 15) is 5.11 Å². The Morgan fingerprint density at radius 1 is 1.03 bits per heavy atom. The van der Waals surface area contributed by atoms with E-state index in [0.717, 1.165) is 47.7 Å². The van der Waals surface area contributed by atoms with Crippen LogP contribution < -0.4 is 14.4 Å². The lowest BCUT2D eigenvalue weighted by Crippen LogP contribution is -2.46. The molecule has 3 heterocycles. The van der Waals surface area contributed by atoms with E-state index in [2.05, 4.69) is 40.0 Å². The number of hydrogen-bond acceptors (Lipinski definition) is 6. The first kappa shape index (κ1) is 23.6. The van der Waals surface area contributed by atoms with Gasteiger partial charge in [-0.3, -0.25) is 9.97 Å². The van der Waals surface area contributed by atoms with Crippen LogP contribution in [0, 0.1) is 5.41 Å². The van der Waals surface area contributed by atoms with Crippen molar-refractivity contribution >= 4 is 5.69 Å². The third-order valence-electron chi connectivity index (χ3n) is 8.22. The maximum absolute atomic E-state index is 12.1. The second-order valence-corrected chi connectivity index (χ2v) is 10.3. The standard InChI is InChI=1S/C29H35N3O3/c1-28(29(2,33)22-8-6-14-30-17-22)20-32(23-9-7-15-31-18-23)19-25(28)21-12-13-26(34-3)27(16-21)35-24-10-4-5-11-24/h6-9,12-18,24-25,33H,4-5,10-11,19-20H2,1-3H3/t25-,28+,29-/m0/s1. The van der Waals surface area contributed by atoms with Crippen LogP contribution in [0.15, 0.2) is 67.3 Å². The summed E-state index contributed by atoms with van der Waals surface area (Å²) in [5.74, 6) is 1.58.